The maximum Gasteiger partial charge on any atom is 0.265 e. The average molecular weight is 197 g/mol. The van der Waals surface area contributed by atoms with Gasteiger partial charge in [-0.15, -0.1) is 0 Å². The van der Waals surface area contributed by atoms with E-state index in [0.29, 0.717) is 5.56 Å². The van der Waals surface area contributed by atoms with Crippen LogP contribution in [0.25, 0.3) is 0 Å². The molecule has 0 aliphatic heterocycles. The van der Waals surface area contributed by atoms with Gasteiger partial charge in [-0.3, -0.25) is 10.1 Å². The van der Waals surface area contributed by atoms with Crippen LogP contribution in [0.4, 0.5) is 0 Å². The molecule has 0 radical (unpaired) electrons. The van der Waals surface area contributed by atoms with Crippen LogP contribution in [0.1, 0.15) is 11.7 Å². The summed E-state index contributed by atoms with van der Waals surface area (Å²) in [6, 6.07) is 6.89. The molecule has 0 saturated heterocycles. The lowest BCUT2D eigenvalue weighted by atomic mass is 10.0. The Morgan fingerprint density at radius 2 is 1.93 bits per heavy atom. The average Bonchev–Trinajstić information content (AvgIpc) is 2.19. The molecule has 0 unspecified atom stereocenters. The molecule has 1 aromatic carbocycles. The summed E-state index contributed by atoms with van der Waals surface area (Å²) in [6.45, 7) is -0.678. The maximum absolute atomic E-state index is 10.4. The first-order valence-corrected chi connectivity index (χ1v) is 4.14. The van der Waals surface area contributed by atoms with E-state index in [0.717, 1.165) is 0 Å². The molecule has 5 nitrogen and oxygen atoms in total. The Balaban J connectivity index is 2.83. The summed E-state index contributed by atoms with van der Waals surface area (Å²) < 4.78 is 0. The Kier molecular flexibility index (Phi) is 3.55. The van der Waals surface area contributed by atoms with Crippen LogP contribution in [0.15, 0.2) is 30.3 Å². The molecule has 2 atom stereocenters. The molecule has 0 spiro atoms. The van der Waals surface area contributed by atoms with E-state index in [4.69, 9.17) is 5.11 Å². The standard InChI is InChI=1S/C9H11NO4/c11-6-8(10(13)14)9(12)7-4-2-1-3-5-7/h1-5,8-9,11-12H,6H2/t8-,9-/m0/s1. The van der Waals surface area contributed by atoms with Crippen molar-refractivity contribution in [1.82, 2.24) is 0 Å². The lowest BCUT2D eigenvalue weighted by Gasteiger charge is -2.13. The molecule has 1 rings (SSSR count). The molecule has 0 amide bonds. The molecule has 0 aliphatic carbocycles. The summed E-state index contributed by atoms with van der Waals surface area (Å²) in [5.74, 6) is 0. The third-order valence-electron chi connectivity index (χ3n) is 1.96. The topological polar surface area (TPSA) is 83.6 Å². The van der Waals surface area contributed by atoms with Crippen LogP contribution in [0.3, 0.4) is 0 Å². The highest BCUT2D eigenvalue weighted by Gasteiger charge is 2.29. The zero-order valence-electron chi connectivity index (χ0n) is 7.41. The van der Waals surface area contributed by atoms with Gasteiger partial charge in [0.15, 0.2) is 0 Å². The summed E-state index contributed by atoms with van der Waals surface area (Å²) in [7, 11) is 0. The fraction of sp³-hybridized carbons (Fsp3) is 0.333. The highest BCUT2D eigenvalue weighted by Crippen LogP contribution is 2.17. The number of hydrogen-bond donors (Lipinski definition) is 2. The van der Waals surface area contributed by atoms with Crippen molar-refractivity contribution in [3.8, 4) is 0 Å². The smallest absolute Gasteiger partial charge is 0.265 e. The van der Waals surface area contributed by atoms with Crippen molar-refractivity contribution >= 4 is 0 Å². The van der Waals surface area contributed by atoms with Crippen LogP contribution in [0.2, 0.25) is 0 Å². The SMILES string of the molecule is O=[N+]([O-])[C@@H](CO)[C@@H](O)c1ccccc1. The molecule has 0 heterocycles. The van der Waals surface area contributed by atoms with Crippen LogP contribution in [0.5, 0.6) is 0 Å². The summed E-state index contributed by atoms with van der Waals surface area (Å²) in [6.07, 6.45) is -1.27. The van der Waals surface area contributed by atoms with Crippen molar-refractivity contribution in [3.63, 3.8) is 0 Å². The second kappa shape index (κ2) is 4.69. The van der Waals surface area contributed by atoms with E-state index in [1.807, 2.05) is 0 Å². The molecular formula is C9H11NO4. The Morgan fingerprint density at radius 1 is 1.36 bits per heavy atom. The number of nitrogens with zero attached hydrogens (tertiary/aromatic N) is 1. The Labute approximate surface area is 80.8 Å². The predicted octanol–water partition coefficient (Wildman–Crippen LogP) is 0.358. The quantitative estimate of drug-likeness (QED) is 0.539. The molecule has 0 fully saturated rings. The lowest BCUT2D eigenvalue weighted by molar-refractivity contribution is -0.539. The van der Waals surface area contributed by atoms with Crippen molar-refractivity contribution in [2.45, 2.75) is 12.1 Å². The third-order valence-corrected chi connectivity index (χ3v) is 1.96. The minimum atomic E-state index is -1.36. The fourth-order valence-corrected chi connectivity index (χ4v) is 1.15. The number of rotatable bonds is 4. The molecule has 0 aliphatic rings. The summed E-state index contributed by atoms with van der Waals surface area (Å²) in [5.41, 5.74) is 0.434. The first kappa shape index (κ1) is 10.6. The lowest BCUT2D eigenvalue weighted by Crippen LogP contribution is -2.31. The van der Waals surface area contributed by atoms with E-state index in [1.165, 1.54) is 0 Å². The van der Waals surface area contributed by atoms with Gasteiger partial charge in [0.1, 0.15) is 12.7 Å². The van der Waals surface area contributed by atoms with E-state index < -0.39 is 23.7 Å². The summed E-state index contributed by atoms with van der Waals surface area (Å²) in [5, 5.41) is 28.7. The molecule has 0 aromatic heterocycles. The Bertz CT molecular complexity index is 301. The van der Waals surface area contributed by atoms with Gasteiger partial charge in [-0.05, 0) is 5.56 Å². The molecular weight excluding hydrogens is 186 g/mol. The van der Waals surface area contributed by atoms with Gasteiger partial charge in [0, 0.05) is 4.92 Å². The number of aliphatic hydroxyl groups is 2. The van der Waals surface area contributed by atoms with E-state index in [-0.39, 0.29) is 0 Å². The maximum atomic E-state index is 10.4. The van der Waals surface area contributed by atoms with Gasteiger partial charge in [-0.1, -0.05) is 30.3 Å². The van der Waals surface area contributed by atoms with Gasteiger partial charge in [0.2, 0.25) is 0 Å². The van der Waals surface area contributed by atoms with Crippen molar-refractivity contribution in [2.75, 3.05) is 6.61 Å². The van der Waals surface area contributed by atoms with Gasteiger partial charge >= 0.3 is 0 Å². The normalized spacial score (nSPS) is 14.7. The minimum Gasteiger partial charge on any atom is -0.389 e. The zero-order valence-corrected chi connectivity index (χ0v) is 7.41. The number of nitro groups is 1. The van der Waals surface area contributed by atoms with Crippen LogP contribution in [-0.4, -0.2) is 27.8 Å². The predicted molar refractivity (Wildman–Crippen MR) is 49.3 cm³/mol. The zero-order chi connectivity index (χ0) is 10.6. The van der Waals surface area contributed by atoms with E-state index >= 15 is 0 Å². The molecule has 14 heavy (non-hydrogen) atoms. The largest absolute Gasteiger partial charge is 0.389 e. The third kappa shape index (κ3) is 2.27. The summed E-state index contributed by atoms with van der Waals surface area (Å²) in [4.78, 5) is 9.75. The first-order chi connectivity index (χ1) is 6.66. The van der Waals surface area contributed by atoms with Gasteiger partial charge in [0.25, 0.3) is 6.04 Å². The second-order valence-corrected chi connectivity index (χ2v) is 2.89. The first-order valence-electron chi connectivity index (χ1n) is 4.14. The Morgan fingerprint density at radius 3 is 2.36 bits per heavy atom. The molecule has 5 heteroatoms. The van der Waals surface area contributed by atoms with Crippen molar-refractivity contribution in [3.05, 3.63) is 46.0 Å². The van der Waals surface area contributed by atoms with E-state index in [9.17, 15) is 15.2 Å². The molecule has 76 valence electrons. The van der Waals surface area contributed by atoms with Crippen molar-refractivity contribution in [1.29, 1.82) is 0 Å². The van der Waals surface area contributed by atoms with Gasteiger partial charge < -0.3 is 10.2 Å². The number of hydrogen-bond acceptors (Lipinski definition) is 4. The molecule has 2 N–H and O–H groups in total. The van der Waals surface area contributed by atoms with Crippen LogP contribution in [0, 0.1) is 10.1 Å². The van der Waals surface area contributed by atoms with Crippen molar-refractivity contribution in [2.24, 2.45) is 0 Å². The minimum absolute atomic E-state index is 0.434. The van der Waals surface area contributed by atoms with E-state index in [2.05, 4.69) is 0 Å². The van der Waals surface area contributed by atoms with Crippen LogP contribution >= 0.6 is 0 Å². The van der Waals surface area contributed by atoms with Gasteiger partial charge in [-0.25, -0.2) is 0 Å². The van der Waals surface area contributed by atoms with Crippen LogP contribution in [-0.2, 0) is 0 Å². The van der Waals surface area contributed by atoms with Crippen molar-refractivity contribution < 1.29 is 15.1 Å². The van der Waals surface area contributed by atoms with Gasteiger partial charge in [-0.2, -0.15) is 0 Å². The highest BCUT2D eigenvalue weighted by molar-refractivity contribution is 5.18. The fourth-order valence-electron chi connectivity index (χ4n) is 1.15. The molecule has 1 aromatic rings. The Hall–Kier alpha value is -1.46. The molecule has 0 bridgehead atoms. The number of aliphatic hydroxyl groups excluding tert-OH is 2. The highest BCUT2D eigenvalue weighted by atomic mass is 16.6. The monoisotopic (exact) mass is 197 g/mol. The number of benzene rings is 1. The molecule has 0 saturated carbocycles. The van der Waals surface area contributed by atoms with Crippen LogP contribution < -0.4 is 0 Å². The second-order valence-electron chi connectivity index (χ2n) is 2.89. The van der Waals surface area contributed by atoms with Gasteiger partial charge in [0.05, 0.1) is 0 Å². The van der Waals surface area contributed by atoms with E-state index in [1.54, 1.807) is 30.3 Å². The summed E-state index contributed by atoms with van der Waals surface area (Å²) >= 11 is 0.